The Hall–Kier alpha value is -7.30. The zero-order valence-corrected chi connectivity index (χ0v) is 40.5. The largest absolute Gasteiger partial charge is 0.463 e. The highest BCUT2D eigenvalue weighted by atomic mass is 31.2. The van der Waals surface area contributed by atoms with Gasteiger partial charge in [0.15, 0.2) is 0 Å². The summed E-state index contributed by atoms with van der Waals surface area (Å²) in [5, 5.41) is 1.53. The van der Waals surface area contributed by atoms with Crippen molar-refractivity contribution in [1.82, 2.24) is 0 Å². The molecule has 342 valence electrons. The minimum absolute atomic E-state index is 0.0121. The van der Waals surface area contributed by atoms with Gasteiger partial charge in [0.25, 0.3) is 14.7 Å². The molecule has 14 heteroatoms. The summed E-state index contributed by atoms with van der Waals surface area (Å²) in [4.78, 5) is 0. The smallest absolute Gasteiger partial charge is 0.439 e. The Morgan fingerprint density at radius 2 is 0.600 bits per heavy atom. The van der Waals surface area contributed by atoms with Gasteiger partial charge in [0.05, 0.1) is 33.5 Å². The van der Waals surface area contributed by atoms with Crippen LogP contribution >= 0.6 is 29.9 Å². The Kier molecular flexibility index (Phi) is 9.86. The zero-order chi connectivity index (χ0) is 47.2. The highest BCUT2D eigenvalue weighted by Gasteiger charge is 2.46. The SMILES string of the molecule is O=P1(Cc2cc(OP3(=O)Oc4ccccc4-c4ccccc43)cc(CP3(=O)Oc4ccccc4-c4ccccc43)c2OP2(=O)Oc3ccccc3-c3ccccc32)Oc2ccccc2-c2ccccc21. The standard InChI is InChI=1S/C56H38O10P4/c57-67(52-29-13-5-21-44(52)40-17-1-9-25-48(40)62-67)35-37-33-39(61-69(59)54-31-15-7-23-46(54)42-19-3-11-27-50(42)64-69)34-38(36-68(58)53-30-14-6-22-45(53)41-18-2-10-26-49(41)63-68)56(37)66-70(60)55-32-16-8-24-47(55)43-20-4-12-28-51(43)65-70/h1-34H,35-36H2. The molecule has 4 aliphatic rings. The molecular weight excluding hydrogens is 957 g/mol. The molecule has 4 heterocycles. The van der Waals surface area contributed by atoms with E-state index in [0.717, 1.165) is 33.4 Å². The molecule has 0 N–H and O–H groups in total. The van der Waals surface area contributed by atoms with Crippen LogP contribution < -0.4 is 48.4 Å². The lowest BCUT2D eigenvalue weighted by molar-refractivity contribution is 0.389. The molecule has 0 saturated carbocycles. The van der Waals surface area contributed by atoms with Crippen molar-refractivity contribution < 1.29 is 45.4 Å². The van der Waals surface area contributed by atoms with E-state index in [2.05, 4.69) is 0 Å². The van der Waals surface area contributed by atoms with Crippen LogP contribution in [0.4, 0.5) is 0 Å². The Balaban J connectivity index is 1.04. The third kappa shape index (κ3) is 6.93. The summed E-state index contributed by atoms with van der Waals surface area (Å²) in [7, 11) is -16.7. The van der Waals surface area contributed by atoms with Crippen LogP contribution in [0.15, 0.2) is 206 Å². The van der Waals surface area contributed by atoms with E-state index in [4.69, 9.17) is 27.1 Å². The summed E-state index contributed by atoms with van der Waals surface area (Å²) in [6.45, 7) is 0. The fraction of sp³-hybridized carbons (Fsp3) is 0.0357. The molecule has 4 atom stereocenters. The molecule has 0 bridgehead atoms. The maximum absolute atomic E-state index is 16.0. The van der Waals surface area contributed by atoms with Gasteiger partial charge in [0.2, 0.25) is 0 Å². The zero-order valence-electron chi connectivity index (χ0n) is 36.9. The average molecular weight is 995 g/mol. The number of para-hydroxylation sites is 4. The second-order valence-corrected chi connectivity index (χ2v) is 25.7. The summed E-state index contributed by atoms with van der Waals surface area (Å²) in [6.07, 6.45) is -0.684. The van der Waals surface area contributed by atoms with Crippen molar-refractivity contribution in [2.75, 3.05) is 0 Å². The van der Waals surface area contributed by atoms with Gasteiger partial charge in [-0.2, -0.15) is 0 Å². The molecule has 0 spiro atoms. The van der Waals surface area contributed by atoms with Crippen LogP contribution in [0, 0.1) is 0 Å². The summed E-state index contributed by atoms with van der Waals surface area (Å²) in [5.74, 6) is 1.50. The fourth-order valence-electron chi connectivity index (χ4n) is 9.93. The van der Waals surface area contributed by atoms with Crippen LogP contribution in [-0.2, 0) is 30.6 Å². The van der Waals surface area contributed by atoms with Crippen molar-refractivity contribution >= 4 is 51.1 Å². The lowest BCUT2D eigenvalue weighted by atomic mass is 10.0. The van der Waals surface area contributed by atoms with Gasteiger partial charge >= 0.3 is 15.2 Å². The molecule has 0 fully saturated rings. The highest BCUT2D eigenvalue weighted by Crippen LogP contribution is 2.64. The molecule has 0 amide bonds. The van der Waals surface area contributed by atoms with Crippen LogP contribution in [0.25, 0.3) is 44.5 Å². The number of rotatable bonds is 8. The number of hydrogen-bond acceptors (Lipinski definition) is 10. The van der Waals surface area contributed by atoms with E-state index in [-0.39, 0.29) is 34.9 Å². The Morgan fingerprint density at radius 3 is 0.986 bits per heavy atom. The van der Waals surface area contributed by atoms with Crippen molar-refractivity contribution in [3.8, 4) is 79.0 Å². The van der Waals surface area contributed by atoms with Crippen LogP contribution in [-0.4, -0.2) is 0 Å². The van der Waals surface area contributed by atoms with Crippen LogP contribution in [0.5, 0.6) is 34.5 Å². The molecule has 4 aliphatic heterocycles. The minimum Gasteiger partial charge on any atom is -0.439 e. The maximum Gasteiger partial charge on any atom is 0.463 e. The quantitative estimate of drug-likeness (QED) is 0.136. The van der Waals surface area contributed by atoms with E-state index in [1.165, 1.54) is 0 Å². The molecule has 4 unspecified atom stereocenters. The molecule has 9 aromatic carbocycles. The van der Waals surface area contributed by atoms with Crippen LogP contribution in [0.3, 0.4) is 0 Å². The number of fused-ring (bicyclic) bond motifs is 12. The predicted octanol–water partition coefficient (Wildman–Crippen LogP) is 13.9. The second-order valence-electron chi connectivity index (χ2n) is 17.3. The lowest BCUT2D eigenvalue weighted by Crippen LogP contribution is -2.23. The van der Waals surface area contributed by atoms with Gasteiger partial charge in [-0.05, 0) is 71.8 Å². The van der Waals surface area contributed by atoms with Gasteiger partial charge in [-0.15, -0.1) is 0 Å². The van der Waals surface area contributed by atoms with E-state index in [1.54, 1.807) is 97.1 Å². The van der Waals surface area contributed by atoms with E-state index in [0.29, 0.717) is 55.3 Å². The van der Waals surface area contributed by atoms with Gasteiger partial charge in [-0.25, -0.2) is 9.13 Å². The number of benzene rings is 9. The van der Waals surface area contributed by atoms with Crippen molar-refractivity contribution in [2.45, 2.75) is 12.3 Å². The average Bonchev–Trinajstić information content (AvgIpc) is 3.38. The first-order valence-corrected chi connectivity index (χ1v) is 29.3. The van der Waals surface area contributed by atoms with Crippen molar-refractivity contribution in [2.24, 2.45) is 0 Å². The monoisotopic (exact) mass is 994 g/mol. The van der Waals surface area contributed by atoms with Gasteiger partial charge in [0, 0.05) is 44.5 Å². The van der Waals surface area contributed by atoms with E-state index in [1.807, 2.05) is 109 Å². The Bertz CT molecular complexity index is 3730. The van der Waals surface area contributed by atoms with E-state index >= 15 is 18.3 Å². The third-order valence-electron chi connectivity index (χ3n) is 13.0. The molecule has 13 rings (SSSR count). The fourth-order valence-corrected chi connectivity index (χ4v) is 18.3. The molecule has 0 radical (unpaired) electrons. The first-order valence-electron chi connectivity index (χ1n) is 22.6. The minimum atomic E-state index is -4.43. The first-order chi connectivity index (χ1) is 34.1. The molecule has 0 aliphatic carbocycles. The summed E-state index contributed by atoms with van der Waals surface area (Å²) >= 11 is 0. The van der Waals surface area contributed by atoms with Crippen LogP contribution in [0.2, 0.25) is 0 Å². The van der Waals surface area contributed by atoms with Gasteiger partial charge in [-0.1, -0.05) is 146 Å². The third-order valence-corrected chi connectivity index (χ3v) is 21.4. The molecule has 0 aromatic heterocycles. The molecule has 70 heavy (non-hydrogen) atoms. The lowest BCUT2D eigenvalue weighted by Gasteiger charge is -2.33. The first kappa shape index (κ1) is 42.8. The maximum atomic E-state index is 16.0. The summed E-state index contributed by atoms with van der Waals surface area (Å²) < 4.78 is 103. The van der Waals surface area contributed by atoms with E-state index < -0.39 is 29.9 Å². The topological polar surface area (TPSA) is 124 Å². The summed E-state index contributed by atoms with van der Waals surface area (Å²) in [5.41, 5.74) is 6.15. The van der Waals surface area contributed by atoms with Crippen molar-refractivity contribution in [3.05, 3.63) is 217 Å². The number of hydrogen-bond donors (Lipinski definition) is 0. The molecule has 9 aromatic rings. The van der Waals surface area contributed by atoms with Gasteiger partial charge in [-0.3, -0.25) is 9.13 Å². The Morgan fingerprint density at radius 1 is 0.314 bits per heavy atom. The Labute approximate surface area is 403 Å². The summed E-state index contributed by atoms with van der Waals surface area (Å²) in [6, 6.07) is 61.5. The van der Waals surface area contributed by atoms with Crippen molar-refractivity contribution in [1.29, 1.82) is 0 Å². The van der Waals surface area contributed by atoms with E-state index in [9.17, 15) is 0 Å². The predicted molar refractivity (Wildman–Crippen MR) is 274 cm³/mol. The van der Waals surface area contributed by atoms with Gasteiger partial charge in [0.1, 0.15) is 34.5 Å². The van der Waals surface area contributed by atoms with Crippen molar-refractivity contribution in [3.63, 3.8) is 0 Å². The molecular formula is C56H38O10P4. The normalized spacial score (nSPS) is 21.6. The second kappa shape index (κ2) is 16.1. The van der Waals surface area contributed by atoms with Gasteiger partial charge < -0.3 is 27.1 Å². The molecule has 0 saturated heterocycles. The van der Waals surface area contributed by atoms with Crippen LogP contribution in [0.1, 0.15) is 11.1 Å². The highest BCUT2D eigenvalue weighted by molar-refractivity contribution is 7.67. The molecule has 10 nitrogen and oxygen atoms in total.